The maximum Gasteiger partial charge on any atom is 0.0221 e. The molecule has 0 bridgehead atoms. The quantitative estimate of drug-likeness (QED) is 0.765. The molecule has 0 aromatic rings. The SMILES string of the molecule is CCC1CNC(CC(C)C)CN1C1CC1. The lowest BCUT2D eigenvalue weighted by atomic mass is 9.99. The minimum absolute atomic E-state index is 0.744. The summed E-state index contributed by atoms with van der Waals surface area (Å²) >= 11 is 0. The molecule has 0 spiro atoms. The highest BCUT2D eigenvalue weighted by molar-refractivity contribution is 4.94. The first-order valence-electron chi connectivity index (χ1n) is 6.69. The molecule has 2 fully saturated rings. The molecule has 2 heteroatoms. The molecule has 2 unspecified atom stereocenters. The summed E-state index contributed by atoms with van der Waals surface area (Å²) in [6, 6.07) is 2.49. The Hall–Kier alpha value is -0.0800. The first kappa shape index (κ1) is 11.4. The van der Waals surface area contributed by atoms with E-state index in [0.717, 1.165) is 24.0 Å². The maximum atomic E-state index is 3.72. The Morgan fingerprint density at radius 2 is 2.07 bits per heavy atom. The number of nitrogens with zero attached hydrogens (tertiary/aromatic N) is 1. The van der Waals surface area contributed by atoms with Crippen LogP contribution in [-0.2, 0) is 0 Å². The summed E-state index contributed by atoms with van der Waals surface area (Å²) < 4.78 is 0. The summed E-state index contributed by atoms with van der Waals surface area (Å²) in [4.78, 5) is 2.78. The van der Waals surface area contributed by atoms with Gasteiger partial charge in [-0.1, -0.05) is 20.8 Å². The van der Waals surface area contributed by atoms with Crippen molar-refractivity contribution in [3.05, 3.63) is 0 Å². The third-order valence-corrected chi connectivity index (χ3v) is 3.79. The van der Waals surface area contributed by atoms with Crippen molar-refractivity contribution in [1.29, 1.82) is 0 Å². The summed E-state index contributed by atoms with van der Waals surface area (Å²) in [5.41, 5.74) is 0. The van der Waals surface area contributed by atoms with Gasteiger partial charge < -0.3 is 5.32 Å². The number of nitrogens with one attached hydrogen (secondary N) is 1. The first-order valence-corrected chi connectivity index (χ1v) is 6.69. The lowest BCUT2D eigenvalue weighted by molar-refractivity contribution is 0.111. The number of rotatable bonds is 4. The van der Waals surface area contributed by atoms with Gasteiger partial charge in [-0.05, 0) is 31.6 Å². The van der Waals surface area contributed by atoms with Gasteiger partial charge in [-0.25, -0.2) is 0 Å². The largest absolute Gasteiger partial charge is 0.311 e. The molecule has 0 aromatic carbocycles. The highest BCUT2D eigenvalue weighted by Crippen LogP contribution is 2.31. The summed E-state index contributed by atoms with van der Waals surface area (Å²) in [7, 11) is 0. The van der Waals surface area contributed by atoms with Crippen molar-refractivity contribution in [1.82, 2.24) is 10.2 Å². The Labute approximate surface area is 94.4 Å². The molecule has 1 saturated carbocycles. The van der Waals surface area contributed by atoms with Crippen LogP contribution in [0.25, 0.3) is 0 Å². The Balaban J connectivity index is 1.87. The molecule has 0 aromatic heterocycles. The van der Waals surface area contributed by atoms with E-state index in [0.29, 0.717) is 0 Å². The smallest absolute Gasteiger partial charge is 0.0221 e. The topological polar surface area (TPSA) is 15.3 Å². The third kappa shape index (κ3) is 2.94. The second-order valence-corrected chi connectivity index (χ2v) is 5.72. The van der Waals surface area contributed by atoms with Crippen molar-refractivity contribution in [2.24, 2.45) is 5.92 Å². The number of hydrogen-bond donors (Lipinski definition) is 1. The van der Waals surface area contributed by atoms with Crippen LogP contribution in [0.5, 0.6) is 0 Å². The van der Waals surface area contributed by atoms with Gasteiger partial charge in [0.05, 0.1) is 0 Å². The zero-order valence-corrected chi connectivity index (χ0v) is 10.5. The Morgan fingerprint density at radius 3 is 2.60 bits per heavy atom. The number of hydrogen-bond acceptors (Lipinski definition) is 2. The molecular weight excluding hydrogens is 184 g/mol. The molecule has 15 heavy (non-hydrogen) atoms. The van der Waals surface area contributed by atoms with Crippen LogP contribution < -0.4 is 5.32 Å². The second kappa shape index (κ2) is 4.84. The standard InChI is InChI=1S/C13H26N2/c1-4-12-8-14-11(7-10(2)3)9-15(12)13-5-6-13/h10-14H,4-9H2,1-3H3. The molecule has 1 aliphatic heterocycles. The lowest BCUT2D eigenvalue weighted by Crippen LogP contribution is -2.57. The van der Waals surface area contributed by atoms with E-state index in [9.17, 15) is 0 Å². The third-order valence-electron chi connectivity index (χ3n) is 3.79. The van der Waals surface area contributed by atoms with Gasteiger partial charge in [-0.3, -0.25) is 4.90 Å². The molecule has 1 heterocycles. The molecule has 2 aliphatic rings. The molecule has 2 atom stereocenters. The summed E-state index contributed by atoms with van der Waals surface area (Å²) in [5.74, 6) is 0.821. The predicted molar refractivity (Wildman–Crippen MR) is 65.1 cm³/mol. The summed E-state index contributed by atoms with van der Waals surface area (Å²) in [6.45, 7) is 9.49. The van der Waals surface area contributed by atoms with Crippen molar-refractivity contribution in [3.63, 3.8) is 0 Å². The van der Waals surface area contributed by atoms with Crippen LogP contribution >= 0.6 is 0 Å². The highest BCUT2D eigenvalue weighted by Gasteiger charge is 2.37. The average Bonchev–Trinajstić information content (AvgIpc) is 3.00. The molecular formula is C13H26N2. The monoisotopic (exact) mass is 210 g/mol. The fourth-order valence-electron chi connectivity index (χ4n) is 2.85. The molecule has 0 radical (unpaired) electrons. The van der Waals surface area contributed by atoms with E-state index in [4.69, 9.17) is 0 Å². The van der Waals surface area contributed by atoms with E-state index in [1.807, 2.05) is 0 Å². The van der Waals surface area contributed by atoms with E-state index in [1.165, 1.54) is 38.8 Å². The van der Waals surface area contributed by atoms with Crippen LogP contribution in [0.1, 0.15) is 46.5 Å². The minimum atomic E-state index is 0.744. The Bertz CT molecular complexity index is 199. The van der Waals surface area contributed by atoms with Crippen LogP contribution in [0.2, 0.25) is 0 Å². The normalized spacial score (nSPS) is 33.6. The van der Waals surface area contributed by atoms with E-state index in [2.05, 4.69) is 31.0 Å². The molecule has 1 N–H and O–H groups in total. The zero-order chi connectivity index (χ0) is 10.8. The van der Waals surface area contributed by atoms with Crippen LogP contribution in [0.4, 0.5) is 0 Å². The Kier molecular flexibility index (Phi) is 3.68. The Morgan fingerprint density at radius 1 is 1.33 bits per heavy atom. The minimum Gasteiger partial charge on any atom is -0.311 e. The molecule has 0 amide bonds. The fourth-order valence-corrected chi connectivity index (χ4v) is 2.85. The van der Waals surface area contributed by atoms with Gasteiger partial charge in [-0.15, -0.1) is 0 Å². The van der Waals surface area contributed by atoms with Crippen LogP contribution in [0.15, 0.2) is 0 Å². The molecule has 2 rings (SSSR count). The van der Waals surface area contributed by atoms with Gasteiger partial charge in [0.25, 0.3) is 0 Å². The van der Waals surface area contributed by atoms with E-state index in [-0.39, 0.29) is 0 Å². The second-order valence-electron chi connectivity index (χ2n) is 5.72. The van der Waals surface area contributed by atoms with Crippen molar-refractivity contribution in [2.75, 3.05) is 13.1 Å². The zero-order valence-electron chi connectivity index (χ0n) is 10.5. The van der Waals surface area contributed by atoms with Crippen LogP contribution in [-0.4, -0.2) is 36.1 Å². The van der Waals surface area contributed by atoms with Gasteiger partial charge in [0.1, 0.15) is 0 Å². The van der Waals surface area contributed by atoms with Gasteiger partial charge in [-0.2, -0.15) is 0 Å². The van der Waals surface area contributed by atoms with Crippen molar-refractivity contribution >= 4 is 0 Å². The van der Waals surface area contributed by atoms with Gasteiger partial charge >= 0.3 is 0 Å². The average molecular weight is 210 g/mol. The van der Waals surface area contributed by atoms with Gasteiger partial charge in [0, 0.05) is 31.2 Å². The van der Waals surface area contributed by atoms with Crippen molar-refractivity contribution < 1.29 is 0 Å². The van der Waals surface area contributed by atoms with Crippen LogP contribution in [0, 0.1) is 5.92 Å². The maximum absolute atomic E-state index is 3.72. The summed E-state index contributed by atoms with van der Waals surface area (Å²) in [6.07, 6.45) is 5.54. The number of piperazine rings is 1. The summed E-state index contributed by atoms with van der Waals surface area (Å²) in [5, 5.41) is 3.72. The fraction of sp³-hybridized carbons (Fsp3) is 1.00. The molecule has 2 nitrogen and oxygen atoms in total. The van der Waals surface area contributed by atoms with E-state index < -0.39 is 0 Å². The highest BCUT2D eigenvalue weighted by atomic mass is 15.3. The molecule has 1 saturated heterocycles. The van der Waals surface area contributed by atoms with E-state index >= 15 is 0 Å². The molecule has 1 aliphatic carbocycles. The first-order chi connectivity index (χ1) is 7.20. The molecule has 88 valence electrons. The van der Waals surface area contributed by atoms with E-state index in [1.54, 1.807) is 0 Å². The van der Waals surface area contributed by atoms with Gasteiger partial charge in [0.2, 0.25) is 0 Å². The van der Waals surface area contributed by atoms with Crippen LogP contribution in [0.3, 0.4) is 0 Å². The van der Waals surface area contributed by atoms with Crippen molar-refractivity contribution in [3.8, 4) is 0 Å². The van der Waals surface area contributed by atoms with Gasteiger partial charge in [0.15, 0.2) is 0 Å². The predicted octanol–water partition coefficient (Wildman–Crippen LogP) is 2.25. The lowest BCUT2D eigenvalue weighted by Gasteiger charge is -2.41. The van der Waals surface area contributed by atoms with Crippen molar-refractivity contribution in [2.45, 2.75) is 64.6 Å².